The highest BCUT2D eigenvalue weighted by Crippen LogP contribution is 2.75. The Bertz CT molecular complexity index is 1860. The quantitative estimate of drug-likeness (QED) is 0.127. The average molecular weight is 908 g/mol. The molecule has 6 fully saturated rings. The molecule has 0 aromatic heterocycles. The highest BCUT2D eigenvalue weighted by atomic mass is 16.8. The number of aliphatic hydroxyl groups excluding tert-OH is 5. The summed E-state index contributed by atoms with van der Waals surface area (Å²) in [6.45, 7) is 16.8. The molecule has 5 aliphatic carbocycles. The third-order valence-corrected chi connectivity index (χ3v) is 18.7. The molecule has 0 spiro atoms. The van der Waals surface area contributed by atoms with E-state index in [1.807, 2.05) is 6.08 Å². The summed E-state index contributed by atoms with van der Waals surface area (Å²) >= 11 is 0. The smallest absolute Gasteiger partial charge is 0.335 e. The maximum Gasteiger partial charge on any atom is 0.335 e. The van der Waals surface area contributed by atoms with E-state index in [9.17, 15) is 55.2 Å². The number of carbonyl (C=O) groups excluding carboxylic acids is 1. The molecule has 7 aliphatic rings. The maximum absolute atomic E-state index is 15.1. The minimum absolute atomic E-state index is 0.0462. The van der Waals surface area contributed by atoms with Crippen LogP contribution in [0.4, 0.5) is 0 Å². The van der Waals surface area contributed by atoms with Crippen LogP contribution in [0.25, 0.3) is 0 Å². The van der Waals surface area contributed by atoms with E-state index in [0.717, 1.165) is 44.9 Å². The third kappa shape index (κ3) is 7.98. The SMILES string of the molecule is C[C@@H]1[C@@H](O)[C@H](O[C@H]2[C@@H](O[C@H]3CC[C@]4(C)[C@H]5C(=O)C=C6[C@@H]7C[C@@](C)(CN[C@@H](CC(=O)O)C(=O)O)CC[C@]7(C)CC[C@@]6(C)[C@]5(C)CC[C@H]4C3(C)C)O[C@H](C(=O)O)[C@@H](O)[C@@H]2O)O[C@H](CO)[C@H]1O. The second-order valence-electron chi connectivity index (χ2n) is 22.8. The van der Waals surface area contributed by atoms with Crippen LogP contribution in [0.5, 0.6) is 0 Å². The van der Waals surface area contributed by atoms with Gasteiger partial charge in [-0.1, -0.05) is 61.0 Å². The van der Waals surface area contributed by atoms with Crippen LogP contribution in [-0.2, 0) is 38.1 Å². The van der Waals surface area contributed by atoms with Crippen molar-refractivity contribution in [2.75, 3.05) is 13.2 Å². The molecule has 2 saturated heterocycles. The molecule has 0 aromatic rings. The molecule has 17 nitrogen and oxygen atoms in total. The first-order chi connectivity index (χ1) is 29.7. The predicted molar refractivity (Wildman–Crippen MR) is 226 cm³/mol. The van der Waals surface area contributed by atoms with Gasteiger partial charge in [0, 0.05) is 18.4 Å². The van der Waals surface area contributed by atoms with Crippen LogP contribution in [-0.4, -0.2) is 145 Å². The number of rotatable bonds is 12. The molecule has 0 amide bonds. The fourth-order valence-electron chi connectivity index (χ4n) is 14.4. The van der Waals surface area contributed by atoms with E-state index in [2.05, 4.69) is 53.8 Å². The number of fused-ring (bicyclic) bond motifs is 7. The lowest BCUT2D eigenvalue weighted by molar-refractivity contribution is -0.371. The zero-order valence-corrected chi connectivity index (χ0v) is 38.6. The number of carboxylic acids is 3. The Balaban J connectivity index is 1.14. The van der Waals surface area contributed by atoms with E-state index < -0.39 is 121 Å². The van der Waals surface area contributed by atoms with Gasteiger partial charge in [0.2, 0.25) is 0 Å². The first-order valence-electron chi connectivity index (χ1n) is 23.3. The Morgan fingerprint density at radius 3 is 2.12 bits per heavy atom. The van der Waals surface area contributed by atoms with E-state index in [1.165, 1.54) is 5.57 Å². The molecule has 7 rings (SSSR count). The molecule has 20 atom stereocenters. The van der Waals surface area contributed by atoms with Crippen molar-refractivity contribution in [2.24, 2.45) is 56.2 Å². The van der Waals surface area contributed by atoms with Crippen molar-refractivity contribution < 1.29 is 79.0 Å². The van der Waals surface area contributed by atoms with E-state index in [-0.39, 0.29) is 39.8 Å². The van der Waals surface area contributed by atoms with Gasteiger partial charge in [-0.05, 0) is 108 Å². The van der Waals surface area contributed by atoms with Gasteiger partial charge in [0.05, 0.1) is 25.2 Å². The van der Waals surface area contributed by atoms with Gasteiger partial charge >= 0.3 is 17.9 Å². The molecule has 0 aromatic carbocycles. The fourth-order valence-corrected chi connectivity index (χ4v) is 14.4. The Morgan fingerprint density at radius 1 is 0.828 bits per heavy atom. The van der Waals surface area contributed by atoms with Gasteiger partial charge in [-0.25, -0.2) is 4.79 Å². The third-order valence-electron chi connectivity index (χ3n) is 18.7. The summed E-state index contributed by atoms with van der Waals surface area (Å²) in [4.78, 5) is 50.8. The van der Waals surface area contributed by atoms with Crippen molar-refractivity contribution in [3.05, 3.63) is 11.6 Å². The van der Waals surface area contributed by atoms with Gasteiger partial charge in [0.1, 0.15) is 36.6 Å². The van der Waals surface area contributed by atoms with Gasteiger partial charge in [-0.15, -0.1) is 0 Å². The zero-order valence-electron chi connectivity index (χ0n) is 38.6. The van der Waals surface area contributed by atoms with Gasteiger partial charge in [0.15, 0.2) is 24.5 Å². The summed E-state index contributed by atoms with van der Waals surface area (Å²) in [5, 5.41) is 85.8. The van der Waals surface area contributed by atoms with Crippen LogP contribution in [0.3, 0.4) is 0 Å². The molecule has 17 heteroatoms. The normalized spacial score (nSPS) is 49.3. The Hall–Kier alpha value is -2.58. The van der Waals surface area contributed by atoms with Crippen LogP contribution in [0.2, 0.25) is 0 Å². The second kappa shape index (κ2) is 17.2. The second-order valence-corrected chi connectivity index (χ2v) is 22.8. The molecule has 2 heterocycles. The van der Waals surface area contributed by atoms with Crippen molar-refractivity contribution in [3.63, 3.8) is 0 Å². The van der Waals surface area contributed by atoms with Gasteiger partial charge in [0.25, 0.3) is 0 Å². The molecule has 9 N–H and O–H groups in total. The molecular weight excluding hydrogens is 835 g/mol. The number of allylic oxidation sites excluding steroid dienone is 2. The standard InChI is InChI=1S/C47H73NO16/c1-22-31(53)27(20-49)61-40(32(22)54)64-36-34(56)33(55)35(39(59)60)63-41(36)62-29-10-11-45(6)28(42(29,2)3)9-12-47(8)37(45)26(50)17-23-24-19-43(4,21-48-25(38(57)58)18-30(51)52)13-14-44(24,5)15-16-46(23,47)7/h17,22,24-25,27-29,31-37,40-41,48-49,53-56H,9-16,18-21H2,1-8H3,(H,51,52)(H,57,58)(H,59,60)/t22-,24-,25-,27+,28-,29-,31-,32+,33-,34-,35-,36+,37+,40-,41-,43-,44+,45-,46+,47+/m0/s1. The monoisotopic (exact) mass is 907 g/mol. The topological polar surface area (TPSA) is 279 Å². The Labute approximate surface area is 375 Å². The lowest BCUT2D eigenvalue weighted by Crippen LogP contribution is -2.68. The van der Waals surface area contributed by atoms with E-state index in [4.69, 9.17) is 18.9 Å². The summed E-state index contributed by atoms with van der Waals surface area (Å²) in [6.07, 6.45) is -6.21. The highest BCUT2D eigenvalue weighted by Gasteiger charge is 2.70. The van der Waals surface area contributed by atoms with Crippen molar-refractivity contribution in [3.8, 4) is 0 Å². The number of nitrogens with one attached hydrogen (secondary N) is 1. The van der Waals surface area contributed by atoms with Crippen LogP contribution in [0, 0.1) is 56.2 Å². The van der Waals surface area contributed by atoms with Crippen molar-refractivity contribution >= 4 is 23.7 Å². The van der Waals surface area contributed by atoms with Crippen LogP contribution in [0.1, 0.15) is 120 Å². The average Bonchev–Trinajstić information content (AvgIpc) is 3.21. The Morgan fingerprint density at radius 2 is 1.50 bits per heavy atom. The summed E-state index contributed by atoms with van der Waals surface area (Å²) in [5.74, 6) is -4.90. The van der Waals surface area contributed by atoms with Crippen molar-refractivity contribution in [1.82, 2.24) is 5.32 Å². The molecule has 0 bridgehead atoms. The molecular formula is C47H73NO16. The van der Waals surface area contributed by atoms with Gasteiger partial charge in [-0.3, -0.25) is 14.4 Å². The number of hydrogen-bond donors (Lipinski definition) is 9. The van der Waals surface area contributed by atoms with Gasteiger partial charge < -0.3 is 65.1 Å². The highest BCUT2D eigenvalue weighted by molar-refractivity contribution is 5.95. The molecule has 0 radical (unpaired) electrons. The first-order valence-corrected chi connectivity index (χ1v) is 23.3. The van der Waals surface area contributed by atoms with E-state index in [0.29, 0.717) is 19.4 Å². The van der Waals surface area contributed by atoms with Crippen LogP contribution >= 0.6 is 0 Å². The largest absolute Gasteiger partial charge is 0.481 e. The number of ether oxygens (including phenoxy) is 4. The first kappa shape index (κ1) is 49.3. The number of hydrogen-bond acceptors (Lipinski definition) is 14. The maximum atomic E-state index is 15.1. The minimum atomic E-state index is -1.93. The van der Waals surface area contributed by atoms with Crippen LogP contribution in [0.15, 0.2) is 11.6 Å². The molecule has 64 heavy (non-hydrogen) atoms. The van der Waals surface area contributed by atoms with Crippen molar-refractivity contribution in [2.45, 2.75) is 187 Å². The lowest BCUT2D eigenvalue weighted by atomic mass is 9.33. The Kier molecular flexibility index (Phi) is 13.2. The van der Waals surface area contributed by atoms with Gasteiger partial charge in [-0.2, -0.15) is 0 Å². The molecule has 2 aliphatic heterocycles. The van der Waals surface area contributed by atoms with Crippen LogP contribution < -0.4 is 5.32 Å². The fraction of sp³-hybridized carbons (Fsp3) is 0.872. The summed E-state index contributed by atoms with van der Waals surface area (Å²) in [7, 11) is 0. The minimum Gasteiger partial charge on any atom is -0.481 e. The summed E-state index contributed by atoms with van der Waals surface area (Å²) in [5.41, 5.74) is -0.995. The number of ketones is 1. The summed E-state index contributed by atoms with van der Waals surface area (Å²) < 4.78 is 24.3. The number of aliphatic carboxylic acids is 3. The van der Waals surface area contributed by atoms with E-state index in [1.54, 1.807) is 6.92 Å². The summed E-state index contributed by atoms with van der Waals surface area (Å²) in [6, 6.07) is -1.20. The lowest BCUT2D eigenvalue weighted by Gasteiger charge is -2.70. The molecule has 0 unspecified atom stereocenters. The predicted octanol–water partition coefficient (Wildman–Crippen LogP) is 2.86. The number of aliphatic hydroxyl groups is 5. The molecule has 362 valence electrons. The zero-order chi connectivity index (χ0) is 47.3. The molecule has 4 saturated carbocycles. The van der Waals surface area contributed by atoms with E-state index >= 15 is 4.79 Å². The number of carboxylic acid groups (broad SMARTS) is 3. The number of carbonyl (C=O) groups is 4. The van der Waals surface area contributed by atoms with Crippen molar-refractivity contribution in [1.29, 1.82) is 0 Å².